The highest BCUT2D eigenvalue weighted by molar-refractivity contribution is 8.20. The summed E-state index contributed by atoms with van der Waals surface area (Å²) >= 11 is -5.27. The number of benzene rings is 2. The van der Waals surface area contributed by atoms with Crippen LogP contribution < -0.4 is 0 Å². The normalized spacial score (nSPS) is 20.7. The topological polar surface area (TPSA) is 38.8 Å². The Morgan fingerprint density at radius 1 is 1.09 bits per heavy atom. The van der Waals surface area contributed by atoms with Crippen LogP contribution in [-0.2, 0) is 20.9 Å². The Bertz CT molecular complexity index is 899. The molecule has 2 aromatic rings. The molecule has 0 aliphatic carbocycles. The Balaban J connectivity index is 1.77. The van der Waals surface area contributed by atoms with Gasteiger partial charge in [-0.1, -0.05) is 42.5 Å². The number of carbonyl (C=O) groups excluding carboxylic acids is 1. The lowest BCUT2D eigenvalue weighted by molar-refractivity contribution is -0.158. The fraction of sp³-hybridized carbons (Fsp3) is 0.458. The van der Waals surface area contributed by atoms with Gasteiger partial charge in [-0.05, 0) is 63.4 Å². The van der Waals surface area contributed by atoms with E-state index in [0.717, 1.165) is 30.5 Å². The molecule has 1 aliphatic rings. The quantitative estimate of drug-likeness (QED) is 0.430. The number of hydrogen-bond acceptors (Lipinski definition) is 4. The lowest BCUT2D eigenvalue weighted by Crippen LogP contribution is -2.46. The van der Waals surface area contributed by atoms with Gasteiger partial charge < -0.3 is 9.47 Å². The minimum absolute atomic E-state index is 0.0810. The van der Waals surface area contributed by atoms with Crippen molar-refractivity contribution in [2.45, 2.75) is 62.9 Å². The van der Waals surface area contributed by atoms with E-state index in [1.807, 2.05) is 56.0 Å². The summed E-state index contributed by atoms with van der Waals surface area (Å²) < 4.78 is 51.1. The third-order valence-electron chi connectivity index (χ3n) is 5.20. The summed E-state index contributed by atoms with van der Waals surface area (Å²) in [5.74, 6) is -0.306. The molecule has 0 unspecified atom stereocenters. The van der Waals surface area contributed by atoms with E-state index in [0.29, 0.717) is 12.1 Å². The lowest BCUT2D eigenvalue weighted by Gasteiger charge is -2.41. The van der Waals surface area contributed by atoms with Crippen molar-refractivity contribution in [1.82, 2.24) is 4.90 Å². The van der Waals surface area contributed by atoms with E-state index in [1.165, 1.54) is 6.07 Å². The summed E-state index contributed by atoms with van der Waals surface area (Å²) in [5, 5.41) is 0. The van der Waals surface area contributed by atoms with Crippen molar-refractivity contribution in [3.63, 3.8) is 0 Å². The second kappa shape index (κ2) is 10.3. The maximum Gasteiger partial charge on any atom is 0.320 e. The third-order valence-corrected chi connectivity index (χ3v) is 5.99. The summed E-state index contributed by atoms with van der Waals surface area (Å²) in [7, 11) is 0. The van der Waals surface area contributed by atoms with Crippen molar-refractivity contribution < 1.29 is 25.9 Å². The molecule has 1 heterocycles. The smallest absolute Gasteiger partial charge is 0.320 e. The molecule has 0 saturated carbocycles. The Labute approximate surface area is 189 Å². The molecule has 0 aromatic heterocycles. The van der Waals surface area contributed by atoms with Crippen molar-refractivity contribution in [3.8, 4) is 0 Å². The van der Waals surface area contributed by atoms with Crippen LogP contribution in [0.5, 0.6) is 0 Å². The minimum atomic E-state index is -5.27. The van der Waals surface area contributed by atoms with Crippen LogP contribution >= 0.6 is 11.2 Å². The number of esters is 1. The van der Waals surface area contributed by atoms with Crippen molar-refractivity contribution in [1.29, 1.82) is 0 Å². The Morgan fingerprint density at radius 2 is 1.81 bits per heavy atom. The molecular weight excluding hydrogens is 439 g/mol. The summed E-state index contributed by atoms with van der Waals surface area (Å²) in [4.78, 5) is 14.0. The Kier molecular flexibility index (Phi) is 7.90. The SMILES string of the molecule is CC(C)(C)OC(=O)CN1CCC[C@H](OCc2cccc(S(F)(F)F)c2)[C@@H]1c1ccccc1. The average Bonchev–Trinajstić information content (AvgIpc) is 2.71. The van der Waals surface area contributed by atoms with Gasteiger partial charge in [-0.2, -0.15) is 0 Å². The number of rotatable bonds is 7. The molecule has 0 bridgehead atoms. The van der Waals surface area contributed by atoms with Crippen LogP contribution in [0.1, 0.15) is 50.8 Å². The monoisotopic (exact) mass is 469 g/mol. The molecule has 32 heavy (non-hydrogen) atoms. The summed E-state index contributed by atoms with van der Waals surface area (Å²) in [6, 6.07) is 14.9. The number of piperidine rings is 1. The van der Waals surface area contributed by atoms with E-state index in [-0.39, 0.29) is 31.3 Å². The second-order valence-corrected chi connectivity index (χ2v) is 10.2. The summed E-state index contributed by atoms with van der Waals surface area (Å²) in [6.07, 6.45) is 1.33. The molecule has 4 nitrogen and oxygen atoms in total. The molecule has 1 aliphatic heterocycles. The molecule has 8 heteroatoms. The first-order valence-corrected chi connectivity index (χ1v) is 12.0. The van der Waals surface area contributed by atoms with Crippen LogP contribution in [0.15, 0.2) is 59.5 Å². The van der Waals surface area contributed by atoms with Gasteiger partial charge in [0.2, 0.25) is 11.2 Å². The van der Waals surface area contributed by atoms with Gasteiger partial charge in [0.1, 0.15) is 5.60 Å². The molecule has 0 radical (unpaired) electrons. The van der Waals surface area contributed by atoms with Crippen LogP contribution in [0.3, 0.4) is 0 Å². The number of halogens is 3. The van der Waals surface area contributed by atoms with Crippen LogP contribution in [0.25, 0.3) is 0 Å². The van der Waals surface area contributed by atoms with Crippen molar-refractivity contribution >= 4 is 17.2 Å². The van der Waals surface area contributed by atoms with Crippen molar-refractivity contribution in [2.24, 2.45) is 0 Å². The van der Waals surface area contributed by atoms with E-state index in [9.17, 15) is 16.5 Å². The first-order valence-electron chi connectivity index (χ1n) is 10.7. The Morgan fingerprint density at radius 3 is 2.47 bits per heavy atom. The highest BCUT2D eigenvalue weighted by atomic mass is 32.3. The summed E-state index contributed by atoms with van der Waals surface area (Å²) in [5.41, 5.74) is 0.925. The minimum Gasteiger partial charge on any atom is -0.459 e. The third kappa shape index (κ3) is 6.98. The predicted octanol–water partition coefficient (Wildman–Crippen LogP) is 6.57. The molecule has 3 rings (SSSR count). The number of hydrogen-bond donors (Lipinski definition) is 0. The molecule has 2 aromatic carbocycles. The summed E-state index contributed by atoms with van der Waals surface area (Å²) in [6.45, 7) is 6.42. The fourth-order valence-corrected chi connectivity index (χ4v) is 4.50. The van der Waals surface area contributed by atoms with Crippen LogP contribution in [0, 0.1) is 0 Å². The molecule has 0 N–H and O–H groups in total. The zero-order valence-electron chi connectivity index (χ0n) is 18.6. The number of carbonyl (C=O) groups is 1. The lowest BCUT2D eigenvalue weighted by atomic mass is 9.92. The van der Waals surface area contributed by atoms with Gasteiger partial charge in [0.15, 0.2) is 0 Å². The number of ether oxygens (including phenoxy) is 2. The zero-order chi connectivity index (χ0) is 23.4. The van der Waals surface area contributed by atoms with Gasteiger partial charge in [-0.3, -0.25) is 9.69 Å². The van der Waals surface area contributed by atoms with E-state index in [2.05, 4.69) is 0 Å². The van der Waals surface area contributed by atoms with Gasteiger partial charge in [0.05, 0.1) is 30.2 Å². The standard InChI is InChI=1S/C24H30F3NO3S/c1-24(2,3)31-22(29)16-28-14-8-13-21(23(28)19-10-5-4-6-11-19)30-17-18-9-7-12-20(15-18)32(25,26)27/h4-7,9-12,15,21,23H,8,13-14,16-17H2,1-3H3/t21-,23-/m0/s1. The molecule has 1 saturated heterocycles. The molecular formula is C24H30F3NO3S. The van der Waals surface area contributed by atoms with Gasteiger partial charge in [-0.15, -0.1) is 11.7 Å². The van der Waals surface area contributed by atoms with Crippen molar-refractivity contribution in [2.75, 3.05) is 13.1 Å². The first-order chi connectivity index (χ1) is 15.0. The molecule has 176 valence electrons. The van der Waals surface area contributed by atoms with E-state index in [1.54, 1.807) is 6.07 Å². The van der Waals surface area contributed by atoms with E-state index < -0.39 is 21.7 Å². The van der Waals surface area contributed by atoms with Crippen LogP contribution in [-0.4, -0.2) is 35.7 Å². The van der Waals surface area contributed by atoms with E-state index in [4.69, 9.17) is 9.47 Å². The maximum absolute atomic E-state index is 13.1. The largest absolute Gasteiger partial charge is 0.459 e. The first kappa shape index (κ1) is 24.6. The predicted molar refractivity (Wildman–Crippen MR) is 120 cm³/mol. The van der Waals surface area contributed by atoms with Crippen molar-refractivity contribution in [3.05, 3.63) is 65.7 Å². The Hall–Kier alpha value is -2.03. The number of nitrogens with zero attached hydrogens (tertiary/aromatic N) is 1. The highest BCUT2D eigenvalue weighted by Crippen LogP contribution is 2.60. The zero-order valence-corrected chi connectivity index (χ0v) is 19.4. The fourth-order valence-electron chi connectivity index (χ4n) is 3.98. The van der Waals surface area contributed by atoms with Crippen LogP contribution in [0.4, 0.5) is 11.7 Å². The van der Waals surface area contributed by atoms with E-state index >= 15 is 0 Å². The van der Waals surface area contributed by atoms with Gasteiger partial charge in [-0.25, -0.2) is 0 Å². The van der Waals surface area contributed by atoms with Gasteiger partial charge >= 0.3 is 5.97 Å². The maximum atomic E-state index is 13.1. The average molecular weight is 470 g/mol. The molecule has 0 spiro atoms. The van der Waals surface area contributed by atoms with Gasteiger partial charge in [0, 0.05) is 0 Å². The highest BCUT2D eigenvalue weighted by Gasteiger charge is 2.35. The molecule has 1 fully saturated rings. The second-order valence-electron chi connectivity index (χ2n) is 8.96. The van der Waals surface area contributed by atoms with Gasteiger partial charge in [0.25, 0.3) is 0 Å². The molecule has 2 atom stereocenters. The molecule has 0 amide bonds. The number of likely N-dealkylation sites (tertiary alicyclic amines) is 1. The van der Waals surface area contributed by atoms with Crippen LogP contribution in [0.2, 0.25) is 0 Å².